The number of aromatic nitrogens is 5. The van der Waals surface area contributed by atoms with Gasteiger partial charge in [0, 0.05) is 30.4 Å². The lowest BCUT2D eigenvalue weighted by Crippen LogP contribution is -2.00. The summed E-state index contributed by atoms with van der Waals surface area (Å²) < 4.78 is 4.07. The van der Waals surface area contributed by atoms with E-state index in [1.165, 1.54) is 0 Å². The number of fused-ring (bicyclic) bond motifs is 1. The van der Waals surface area contributed by atoms with E-state index in [2.05, 4.69) is 32.9 Å². The fourth-order valence-corrected chi connectivity index (χ4v) is 3.09. The number of rotatable bonds is 4. The number of thioether (sulfide) groups is 1. The molecule has 4 aromatic rings. The predicted molar refractivity (Wildman–Crippen MR) is 91.5 cm³/mol. The molecule has 3 aromatic heterocycles. The quantitative estimate of drug-likeness (QED) is 0.541. The molecule has 114 valence electrons. The van der Waals surface area contributed by atoms with Crippen molar-refractivity contribution in [3.8, 4) is 11.3 Å². The highest BCUT2D eigenvalue weighted by Gasteiger charge is 2.11. The van der Waals surface area contributed by atoms with E-state index < -0.39 is 0 Å². The van der Waals surface area contributed by atoms with Gasteiger partial charge in [-0.15, -0.1) is 0 Å². The summed E-state index contributed by atoms with van der Waals surface area (Å²) in [6, 6.07) is 12.1. The number of hydrogen-bond acceptors (Lipinski definition) is 4. The Kier molecular flexibility index (Phi) is 3.59. The Morgan fingerprint density at radius 3 is 2.70 bits per heavy atom. The molecule has 23 heavy (non-hydrogen) atoms. The minimum absolute atomic E-state index is 0.680. The van der Waals surface area contributed by atoms with Crippen molar-refractivity contribution >= 4 is 17.5 Å². The summed E-state index contributed by atoms with van der Waals surface area (Å²) in [6.07, 6.45) is 9.84. The molecule has 6 heteroatoms. The van der Waals surface area contributed by atoms with Crippen LogP contribution in [-0.2, 0) is 6.54 Å². The van der Waals surface area contributed by atoms with Gasteiger partial charge in [-0.05, 0) is 12.3 Å². The molecule has 0 amide bonds. The fraction of sp³-hybridized carbons (Fsp3) is 0.118. The van der Waals surface area contributed by atoms with E-state index in [-0.39, 0.29) is 0 Å². The molecule has 0 saturated heterocycles. The first kappa shape index (κ1) is 14.0. The molecule has 0 aliphatic heterocycles. The molecule has 5 nitrogen and oxygen atoms in total. The number of hydrogen-bond donors (Lipinski definition) is 0. The minimum Gasteiger partial charge on any atom is -0.319 e. The summed E-state index contributed by atoms with van der Waals surface area (Å²) in [5.74, 6) is 0.719. The summed E-state index contributed by atoms with van der Waals surface area (Å²) in [4.78, 5) is 13.5. The van der Waals surface area contributed by atoms with Gasteiger partial charge < -0.3 is 4.57 Å². The first-order valence-electron chi connectivity index (χ1n) is 7.28. The zero-order chi connectivity index (χ0) is 15.6. The molecular formula is C17H15N5S. The maximum Gasteiger partial charge on any atom is 0.233 e. The molecule has 1 aromatic carbocycles. The SMILES string of the molecule is CSc1nc(-c2ccccc2)cn1Cc1cn2cccnc2n1. The first-order valence-corrected chi connectivity index (χ1v) is 8.51. The summed E-state index contributed by atoms with van der Waals surface area (Å²) in [5, 5.41) is 0.980. The Labute approximate surface area is 138 Å². The van der Waals surface area contributed by atoms with Gasteiger partial charge >= 0.3 is 0 Å². The van der Waals surface area contributed by atoms with E-state index in [0.717, 1.165) is 27.9 Å². The minimum atomic E-state index is 0.680. The van der Waals surface area contributed by atoms with Gasteiger partial charge in [-0.3, -0.25) is 4.40 Å². The van der Waals surface area contributed by atoms with Crippen LogP contribution >= 0.6 is 11.8 Å². The molecule has 0 aliphatic rings. The lowest BCUT2D eigenvalue weighted by molar-refractivity contribution is 0.697. The van der Waals surface area contributed by atoms with Crippen LogP contribution in [0.3, 0.4) is 0 Å². The first-order chi connectivity index (χ1) is 11.3. The van der Waals surface area contributed by atoms with Gasteiger partial charge in [0.15, 0.2) is 5.16 Å². The summed E-state index contributed by atoms with van der Waals surface area (Å²) in [7, 11) is 0. The van der Waals surface area contributed by atoms with Crippen molar-refractivity contribution in [1.29, 1.82) is 0 Å². The molecule has 4 rings (SSSR count). The van der Waals surface area contributed by atoms with Gasteiger partial charge in [0.05, 0.1) is 17.9 Å². The van der Waals surface area contributed by atoms with E-state index in [1.54, 1.807) is 18.0 Å². The second-order valence-electron chi connectivity index (χ2n) is 5.17. The summed E-state index contributed by atoms with van der Waals surface area (Å²) in [5.41, 5.74) is 3.08. The molecule has 0 bridgehead atoms. The van der Waals surface area contributed by atoms with Crippen molar-refractivity contribution in [2.75, 3.05) is 6.26 Å². The Morgan fingerprint density at radius 1 is 1.04 bits per heavy atom. The summed E-state index contributed by atoms with van der Waals surface area (Å²) >= 11 is 1.64. The second-order valence-corrected chi connectivity index (χ2v) is 5.94. The van der Waals surface area contributed by atoms with Crippen LogP contribution in [0.2, 0.25) is 0 Å². The third-order valence-electron chi connectivity index (χ3n) is 3.61. The van der Waals surface area contributed by atoms with E-state index in [1.807, 2.05) is 47.3 Å². The van der Waals surface area contributed by atoms with Gasteiger partial charge in [-0.25, -0.2) is 15.0 Å². The lowest BCUT2D eigenvalue weighted by atomic mass is 10.2. The third kappa shape index (κ3) is 2.73. The predicted octanol–water partition coefficient (Wildman–Crippen LogP) is 3.36. The smallest absolute Gasteiger partial charge is 0.233 e. The van der Waals surface area contributed by atoms with Gasteiger partial charge in [0.25, 0.3) is 0 Å². The molecule has 0 fully saturated rings. The maximum atomic E-state index is 4.72. The monoisotopic (exact) mass is 321 g/mol. The molecular weight excluding hydrogens is 306 g/mol. The van der Waals surface area contributed by atoms with Crippen molar-refractivity contribution < 1.29 is 0 Å². The zero-order valence-corrected chi connectivity index (χ0v) is 13.4. The number of imidazole rings is 2. The largest absolute Gasteiger partial charge is 0.319 e. The van der Waals surface area contributed by atoms with Crippen molar-refractivity contribution in [2.24, 2.45) is 0 Å². The number of nitrogens with zero attached hydrogens (tertiary/aromatic N) is 5. The molecule has 0 saturated carbocycles. The van der Waals surface area contributed by atoms with Crippen molar-refractivity contribution in [3.05, 3.63) is 66.9 Å². The van der Waals surface area contributed by atoms with Crippen LogP contribution in [-0.4, -0.2) is 30.2 Å². The molecule has 3 heterocycles. The normalized spacial score (nSPS) is 11.2. The Hall–Kier alpha value is -2.60. The van der Waals surface area contributed by atoms with E-state index in [0.29, 0.717) is 6.54 Å². The Bertz CT molecular complexity index is 909. The van der Waals surface area contributed by atoms with Crippen LogP contribution in [0.25, 0.3) is 17.0 Å². The Balaban J connectivity index is 1.69. The van der Waals surface area contributed by atoms with Crippen molar-refractivity contribution in [3.63, 3.8) is 0 Å². The average Bonchev–Trinajstić information content (AvgIpc) is 3.19. The van der Waals surface area contributed by atoms with Crippen molar-refractivity contribution in [1.82, 2.24) is 23.9 Å². The zero-order valence-electron chi connectivity index (χ0n) is 12.6. The van der Waals surface area contributed by atoms with E-state index in [9.17, 15) is 0 Å². The molecule has 0 aliphatic carbocycles. The Morgan fingerprint density at radius 2 is 1.91 bits per heavy atom. The van der Waals surface area contributed by atoms with E-state index in [4.69, 9.17) is 4.98 Å². The standard InChI is InChI=1S/C17H15N5S/c1-23-17-20-15(13-6-3-2-4-7-13)12-22(17)11-14-10-21-9-5-8-18-16(21)19-14/h2-10,12H,11H2,1H3. The van der Waals surface area contributed by atoms with Crippen molar-refractivity contribution in [2.45, 2.75) is 11.7 Å². The molecule has 0 spiro atoms. The second kappa shape index (κ2) is 5.89. The van der Waals surface area contributed by atoms with Gasteiger partial charge in [-0.2, -0.15) is 0 Å². The fourth-order valence-electron chi connectivity index (χ4n) is 2.55. The molecule has 0 atom stereocenters. The van der Waals surface area contributed by atoms with Crippen LogP contribution in [0.15, 0.2) is 66.3 Å². The van der Waals surface area contributed by atoms with Gasteiger partial charge in [0.1, 0.15) is 0 Å². The highest BCUT2D eigenvalue weighted by molar-refractivity contribution is 7.98. The van der Waals surface area contributed by atoms with E-state index >= 15 is 0 Å². The maximum absolute atomic E-state index is 4.72. The lowest BCUT2D eigenvalue weighted by Gasteiger charge is -2.02. The molecule has 0 radical (unpaired) electrons. The van der Waals surface area contributed by atoms with Crippen LogP contribution < -0.4 is 0 Å². The summed E-state index contributed by atoms with van der Waals surface area (Å²) in [6.45, 7) is 0.680. The van der Waals surface area contributed by atoms with Crippen LogP contribution in [0, 0.1) is 0 Å². The topological polar surface area (TPSA) is 48.0 Å². The van der Waals surface area contributed by atoms with Crippen LogP contribution in [0.4, 0.5) is 0 Å². The average molecular weight is 321 g/mol. The molecule has 0 unspecified atom stereocenters. The highest BCUT2D eigenvalue weighted by Crippen LogP contribution is 2.23. The number of benzene rings is 1. The van der Waals surface area contributed by atoms with Crippen LogP contribution in [0.1, 0.15) is 5.69 Å². The highest BCUT2D eigenvalue weighted by atomic mass is 32.2. The third-order valence-corrected chi connectivity index (χ3v) is 4.30. The molecule has 0 N–H and O–H groups in total. The van der Waals surface area contributed by atoms with Crippen LogP contribution in [0.5, 0.6) is 0 Å². The van der Waals surface area contributed by atoms with Gasteiger partial charge in [-0.1, -0.05) is 42.1 Å². The van der Waals surface area contributed by atoms with Gasteiger partial charge in [0.2, 0.25) is 5.78 Å².